The fourth-order valence-corrected chi connectivity index (χ4v) is 3.57. The monoisotopic (exact) mass is 290 g/mol. The van der Waals surface area contributed by atoms with Gasteiger partial charge in [0.15, 0.2) is 0 Å². The highest BCUT2D eigenvalue weighted by Crippen LogP contribution is 2.31. The molecule has 20 heavy (non-hydrogen) atoms. The number of hydrogen-bond donors (Lipinski definition) is 2. The molecular formula is C14H15ClN4O. The van der Waals surface area contributed by atoms with E-state index in [9.17, 15) is 4.79 Å². The van der Waals surface area contributed by atoms with Gasteiger partial charge in [-0.25, -0.2) is 4.98 Å². The van der Waals surface area contributed by atoms with Crippen LogP contribution in [0, 0.1) is 5.92 Å². The lowest BCUT2D eigenvalue weighted by atomic mass is 10.0. The van der Waals surface area contributed by atoms with Crippen molar-refractivity contribution in [1.82, 2.24) is 20.0 Å². The number of carbonyl (C=O) groups excluding carboxylic acids is 1. The van der Waals surface area contributed by atoms with Gasteiger partial charge in [0, 0.05) is 31.0 Å². The van der Waals surface area contributed by atoms with Gasteiger partial charge in [-0.1, -0.05) is 11.6 Å². The second-order valence-corrected chi connectivity index (χ2v) is 6.12. The zero-order chi connectivity index (χ0) is 13.7. The van der Waals surface area contributed by atoms with Crippen LogP contribution in [0.5, 0.6) is 0 Å². The second kappa shape index (κ2) is 4.46. The van der Waals surface area contributed by atoms with Crippen LogP contribution < -0.4 is 10.6 Å². The van der Waals surface area contributed by atoms with Gasteiger partial charge in [0.25, 0.3) is 5.91 Å². The van der Waals surface area contributed by atoms with Crippen molar-refractivity contribution in [3.05, 3.63) is 35.4 Å². The molecule has 6 heteroatoms. The largest absolute Gasteiger partial charge is 0.348 e. The van der Waals surface area contributed by atoms with Crippen molar-refractivity contribution < 1.29 is 4.79 Å². The Kier molecular flexibility index (Phi) is 2.72. The van der Waals surface area contributed by atoms with E-state index < -0.39 is 0 Å². The zero-order valence-corrected chi connectivity index (χ0v) is 11.6. The van der Waals surface area contributed by atoms with Crippen LogP contribution in [0.1, 0.15) is 23.3 Å². The molecule has 3 heterocycles. The van der Waals surface area contributed by atoms with Crippen molar-refractivity contribution >= 4 is 23.0 Å². The molecule has 2 fully saturated rings. The normalized spacial score (nSPS) is 28.1. The maximum absolute atomic E-state index is 12.3. The Hall–Kier alpha value is -1.59. The molecule has 5 nitrogen and oxygen atoms in total. The summed E-state index contributed by atoms with van der Waals surface area (Å²) in [5.41, 5.74) is 1.32. The van der Waals surface area contributed by atoms with Gasteiger partial charge < -0.3 is 15.0 Å². The molecule has 4 rings (SSSR count). The van der Waals surface area contributed by atoms with Crippen molar-refractivity contribution in [1.29, 1.82) is 0 Å². The molecule has 0 aromatic carbocycles. The van der Waals surface area contributed by atoms with E-state index in [4.69, 9.17) is 11.6 Å². The average molecular weight is 291 g/mol. The van der Waals surface area contributed by atoms with Gasteiger partial charge in [0.2, 0.25) is 0 Å². The first-order chi connectivity index (χ1) is 9.69. The summed E-state index contributed by atoms with van der Waals surface area (Å²) in [5, 5.41) is 7.19. The second-order valence-electron chi connectivity index (χ2n) is 5.68. The third-order valence-corrected chi connectivity index (χ3v) is 4.56. The van der Waals surface area contributed by atoms with Crippen LogP contribution in [0.15, 0.2) is 24.7 Å². The highest BCUT2D eigenvalue weighted by Gasteiger charge is 2.40. The summed E-state index contributed by atoms with van der Waals surface area (Å²) in [6.07, 6.45) is 7.36. The third kappa shape index (κ3) is 1.98. The molecule has 2 aromatic heterocycles. The summed E-state index contributed by atoms with van der Waals surface area (Å²) in [6.45, 7) is 1.01. The van der Waals surface area contributed by atoms with Crippen molar-refractivity contribution in [3.63, 3.8) is 0 Å². The standard InChI is InChI=1S/C14H15ClN4O/c15-9-2-11-5-17-13(7-19(11)6-9)14(20)18-12-3-10-1-8(12)4-16-10/h2,5-8,10,12,16H,1,3-4H2,(H,18,20). The first-order valence-electron chi connectivity index (χ1n) is 6.86. The predicted octanol–water partition coefficient (Wildman–Crippen LogP) is 1.47. The number of amides is 1. The number of carbonyl (C=O) groups is 1. The van der Waals surface area contributed by atoms with Crippen LogP contribution in [0.2, 0.25) is 5.02 Å². The van der Waals surface area contributed by atoms with Crippen LogP contribution in [0.3, 0.4) is 0 Å². The molecule has 3 atom stereocenters. The Balaban J connectivity index is 1.54. The van der Waals surface area contributed by atoms with Crippen molar-refractivity contribution in [2.24, 2.45) is 5.92 Å². The molecule has 0 radical (unpaired) electrons. The topological polar surface area (TPSA) is 58.4 Å². The molecule has 2 bridgehead atoms. The lowest BCUT2D eigenvalue weighted by molar-refractivity contribution is 0.0919. The number of nitrogens with zero attached hydrogens (tertiary/aromatic N) is 2. The van der Waals surface area contributed by atoms with Gasteiger partial charge in [0.05, 0.1) is 16.7 Å². The summed E-state index contributed by atoms with van der Waals surface area (Å²) >= 11 is 5.94. The summed E-state index contributed by atoms with van der Waals surface area (Å²) in [4.78, 5) is 16.5. The fraction of sp³-hybridized carbons (Fsp3) is 0.429. The summed E-state index contributed by atoms with van der Waals surface area (Å²) in [5.74, 6) is 0.461. The molecule has 1 saturated carbocycles. The first-order valence-corrected chi connectivity index (χ1v) is 7.24. The number of hydrogen-bond acceptors (Lipinski definition) is 3. The minimum atomic E-state index is -0.103. The van der Waals surface area contributed by atoms with E-state index in [2.05, 4.69) is 15.6 Å². The van der Waals surface area contributed by atoms with Gasteiger partial charge in [-0.3, -0.25) is 4.79 Å². The number of rotatable bonds is 2. The third-order valence-electron chi connectivity index (χ3n) is 4.36. The van der Waals surface area contributed by atoms with Gasteiger partial charge in [-0.15, -0.1) is 0 Å². The lowest BCUT2D eigenvalue weighted by Gasteiger charge is -2.23. The summed E-state index contributed by atoms with van der Waals surface area (Å²) in [6, 6.07) is 2.67. The maximum atomic E-state index is 12.3. The van der Waals surface area contributed by atoms with Gasteiger partial charge >= 0.3 is 0 Å². The number of halogens is 1. The van der Waals surface area contributed by atoms with Crippen LogP contribution >= 0.6 is 11.6 Å². The van der Waals surface area contributed by atoms with Gasteiger partial charge in [0.1, 0.15) is 5.69 Å². The minimum Gasteiger partial charge on any atom is -0.348 e. The Morgan fingerprint density at radius 1 is 1.45 bits per heavy atom. The molecule has 3 unspecified atom stereocenters. The molecule has 0 spiro atoms. The summed E-state index contributed by atoms with van der Waals surface area (Å²) in [7, 11) is 0. The van der Waals surface area contributed by atoms with Crippen molar-refractivity contribution in [2.75, 3.05) is 6.54 Å². The van der Waals surface area contributed by atoms with Crippen LogP contribution in [-0.2, 0) is 0 Å². The molecule has 1 saturated heterocycles. The van der Waals surface area contributed by atoms with Gasteiger partial charge in [-0.05, 0) is 24.8 Å². The van der Waals surface area contributed by atoms with Crippen molar-refractivity contribution in [2.45, 2.75) is 24.9 Å². The summed E-state index contributed by atoms with van der Waals surface area (Å²) < 4.78 is 1.83. The molecule has 2 aliphatic rings. The molecule has 104 valence electrons. The highest BCUT2D eigenvalue weighted by atomic mass is 35.5. The van der Waals surface area contributed by atoms with E-state index >= 15 is 0 Å². The fourth-order valence-electron chi connectivity index (χ4n) is 3.35. The van der Waals surface area contributed by atoms with E-state index in [1.165, 1.54) is 6.42 Å². The average Bonchev–Trinajstić information content (AvgIpc) is 3.10. The van der Waals surface area contributed by atoms with Gasteiger partial charge in [-0.2, -0.15) is 0 Å². The smallest absolute Gasteiger partial charge is 0.271 e. The van der Waals surface area contributed by atoms with Crippen LogP contribution in [0.25, 0.3) is 5.52 Å². The molecule has 1 aliphatic heterocycles. The quantitative estimate of drug-likeness (QED) is 0.880. The highest BCUT2D eigenvalue weighted by molar-refractivity contribution is 6.31. The van der Waals surface area contributed by atoms with E-state index in [-0.39, 0.29) is 11.9 Å². The van der Waals surface area contributed by atoms with E-state index in [1.807, 2.05) is 10.5 Å². The van der Waals surface area contributed by atoms with E-state index in [1.54, 1.807) is 18.6 Å². The predicted molar refractivity (Wildman–Crippen MR) is 76.0 cm³/mol. The molecule has 1 aliphatic carbocycles. The van der Waals surface area contributed by atoms with Crippen LogP contribution in [0.4, 0.5) is 0 Å². The van der Waals surface area contributed by atoms with E-state index in [0.717, 1.165) is 18.5 Å². The molecule has 2 N–H and O–H groups in total. The van der Waals surface area contributed by atoms with E-state index in [0.29, 0.717) is 22.7 Å². The number of aromatic nitrogens is 2. The minimum absolute atomic E-state index is 0.103. The lowest BCUT2D eigenvalue weighted by Crippen LogP contribution is -2.44. The van der Waals surface area contributed by atoms with Crippen molar-refractivity contribution in [3.8, 4) is 0 Å². The zero-order valence-electron chi connectivity index (χ0n) is 10.8. The van der Waals surface area contributed by atoms with Crippen LogP contribution in [-0.4, -0.2) is 33.9 Å². The molecule has 2 aromatic rings. The Bertz CT molecular complexity index is 683. The number of nitrogens with one attached hydrogen (secondary N) is 2. The first kappa shape index (κ1) is 12.2. The SMILES string of the molecule is O=C(NC1CC2CC1CN2)c1cn2cc(Cl)cc2cn1. The molecule has 1 amide bonds. The number of fused-ring (bicyclic) bond motifs is 3. The Morgan fingerprint density at radius 2 is 2.35 bits per heavy atom. The molecular weight excluding hydrogens is 276 g/mol. The maximum Gasteiger partial charge on any atom is 0.271 e. The Labute approximate surface area is 121 Å². The Morgan fingerprint density at radius 3 is 3.10 bits per heavy atom. The number of piperidine rings is 1.